The molecule has 172 valence electrons. The van der Waals surface area contributed by atoms with Crippen molar-refractivity contribution in [3.8, 4) is 11.5 Å². The summed E-state index contributed by atoms with van der Waals surface area (Å²) in [6.07, 6.45) is -4.85. The molecule has 10 heteroatoms. The lowest BCUT2D eigenvalue weighted by Crippen LogP contribution is -2.18. The fourth-order valence-electron chi connectivity index (χ4n) is 2.98. The van der Waals surface area contributed by atoms with Gasteiger partial charge in [-0.05, 0) is 48.5 Å². The van der Waals surface area contributed by atoms with Gasteiger partial charge in [0.15, 0.2) is 11.5 Å². The molecule has 0 heterocycles. The molecule has 6 nitrogen and oxygen atoms in total. The topological polar surface area (TPSA) is 76.7 Å². The number of hydrogen-bond donors (Lipinski definition) is 2. The lowest BCUT2D eigenvalue weighted by molar-refractivity contribution is -0.136. The first-order valence-corrected chi connectivity index (χ1v) is 9.44. The Hall–Kier alpha value is -4.08. The van der Waals surface area contributed by atoms with Gasteiger partial charge in [-0.1, -0.05) is 12.1 Å². The van der Waals surface area contributed by atoms with E-state index < -0.39 is 35.1 Å². The van der Waals surface area contributed by atoms with Crippen molar-refractivity contribution < 1.29 is 36.6 Å². The lowest BCUT2D eigenvalue weighted by Gasteiger charge is -2.16. The Labute approximate surface area is 186 Å². The first kappa shape index (κ1) is 23.6. The van der Waals surface area contributed by atoms with Gasteiger partial charge in [0.1, 0.15) is 5.82 Å². The number of rotatable bonds is 6. The zero-order valence-corrected chi connectivity index (χ0v) is 17.4. The Morgan fingerprint density at radius 3 is 2.15 bits per heavy atom. The summed E-state index contributed by atoms with van der Waals surface area (Å²) < 4.78 is 64.9. The van der Waals surface area contributed by atoms with Gasteiger partial charge in [0.25, 0.3) is 11.8 Å². The Morgan fingerprint density at radius 1 is 0.818 bits per heavy atom. The molecule has 0 saturated heterocycles. The molecule has 0 saturated carbocycles. The average Bonchev–Trinajstić information content (AvgIpc) is 2.79. The molecule has 0 aromatic heterocycles. The maximum Gasteiger partial charge on any atom is 0.418 e. The Morgan fingerprint density at radius 2 is 1.52 bits per heavy atom. The van der Waals surface area contributed by atoms with Crippen LogP contribution in [0.2, 0.25) is 0 Å². The first-order chi connectivity index (χ1) is 15.6. The van der Waals surface area contributed by atoms with Crippen LogP contribution in [0.15, 0.2) is 60.7 Å². The summed E-state index contributed by atoms with van der Waals surface area (Å²) in [4.78, 5) is 24.8. The van der Waals surface area contributed by atoms with Crippen molar-refractivity contribution in [3.63, 3.8) is 0 Å². The number of hydrogen-bond acceptors (Lipinski definition) is 4. The molecular weight excluding hydrogens is 444 g/mol. The zero-order valence-electron chi connectivity index (χ0n) is 17.4. The summed E-state index contributed by atoms with van der Waals surface area (Å²) in [5.74, 6) is -1.97. The quantitative estimate of drug-likeness (QED) is 0.483. The van der Waals surface area contributed by atoms with E-state index in [9.17, 15) is 27.2 Å². The summed E-state index contributed by atoms with van der Waals surface area (Å²) in [5, 5.41) is 4.44. The maximum atomic E-state index is 13.8. The molecule has 0 spiro atoms. The summed E-state index contributed by atoms with van der Waals surface area (Å²) in [5.41, 5.74) is -2.22. The second-order valence-electron chi connectivity index (χ2n) is 6.72. The molecule has 3 aromatic rings. The van der Waals surface area contributed by atoms with E-state index in [1.807, 2.05) is 0 Å². The van der Waals surface area contributed by atoms with Crippen molar-refractivity contribution in [1.29, 1.82) is 0 Å². The third kappa shape index (κ3) is 5.40. The van der Waals surface area contributed by atoms with Crippen molar-refractivity contribution in [2.75, 3.05) is 24.9 Å². The van der Waals surface area contributed by atoms with Gasteiger partial charge in [-0.3, -0.25) is 9.59 Å². The van der Waals surface area contributed by atoms with Crippen molar-refractivity contribution >= 4 is 23.2 Å². The number of anilines is 2. The van der Waals surface area contributed by atoms with Gasteiger partial charge >= 0.3 is 6.18 Å². The van der Waals surface area contributed by atoms with Crippen LogP contribution in [0.5, 0.6) is 11.5 Å². The van der Waals surface area contributed by atoms with E-state index in [-0.39, 0.29) is 22.6 Å². The molecule has 3 aromatic carbocycles. The molecule has 0 radical (unpaired) electrons. The van der Waals surface area contributed by atoms with Crippen LogP contribution in [0.1, 0.15) is 26.3 Å². The van der Waals surface area contributed by atoms with Gasteiger partial charge in [0.2, 0.25) is 0 Å². The molecule has 0 aliphatic rings. The predicted octanol–water partition coefficient (Wildman–Crippen LogP) is 5.37. The number of amides is 2. The fourth-order valence-corrected chi connectivity index (χ4v) is 2.98. The van der Waals surface area contributed by atoms with Crippen LogP contribution in [0.4, 0.5) is 28.9 Å². The fraction of sp³-hybridized carbons (Fsp3) is 0.130. The Kier molecular flexibility index (Phi) is 6.86. The number of methoxy groups -OCH3 is 2. The standard InChI is InChI=1S/C23H18F4N2O4/c1-32-19-10-7-13(11-20(19)33-2)21(30)29-18-9-8-14(12-16(18)23(25,26)27)28-22(31)15-5-3-4-6-17(15)24/h3-12H,1-2H3,(H,28,31)(H,29,30). The first-order valence-electron chi connectivity index (χ1n) is 9.44. The molecule has 2 N–H and O–H groups in total. The summed E-state index contributed by atoms with van der Waals surface area (Å²) in [7, 11) is 2.76. The highest BCUT2D eigenvalue weighted by Crippen LogP contribution is 2.37. The molecule has 3 rings (SSSR count). The van der Waals surface area contributed by atoms with Gasteiger partial charge in [-0.2, -0.15) is 13.2 Å². The number of benzene rings is 3. The van der Waals surface area contributed by atoms with Crippen LogP contribution < -0.4 is 20.1 Å². The van der Waals surface area contributed by atoms with E-state index in [0.29, 0.717) is 11.8 Å². The number of carbonyl (C=O) groups excluding carboxylic acids is 2. The third-order valence-electron chi connectivity index (χ3n) is 4.60. The van der Waals surface area contributed by atoms with Crippen LogP contribution >= 0.6 is 0 Å². The molecular formula is C23H18F4N2O4. The molecule has 2 amide bonds. The minimum atomic E-state index is -4.85. The highest BCUT2D eigenvalue weighted by Gasteiger charge is 2.34. The van der Waals surface area contributed by atoms with Crippen LogP contribution in [0, 0.1) is 5.82 Å². The monoisotopic (exact) mass is 462 g/mol. The summed E-state index contributed by atoms with van der Waals surface area (Å²) in [6.45, 7) is 0. The normalized spacial score (nSPS) is 11.0. The molecule has 0 unspecified atom stereocenters. The van der Waals surface area contributed by atoms with Crippen molar-refractivity contribution in [2.24, 2.45) is 0 Å². The number of alkyl halides is 3. The SMILES string of the molecule is COc1ccc(C(=O)Nc2ccc(NC(=O)c3ccccc3F)cc2C(F)(F)F)cc1OC. The second-order valence-corrected chi connectivity index (χ2v) is 6.72. The third-order valence-corrected chi connectivity index (χ3v) is 4.60. The minimum absolute atomic E-state index is 0.0395. The highest BCUT2D eigenvalue weighted by molar-refractivity contribution is 6.06. The van der Waals surface area contributed by atoms with Gasteiger partial charge in [0, 0.05) is 11.3 Å². The van der Waals surface area contributed by atoms with Gasteiger partial charge in [0.05, 0.1) is 31.0 Å². The number of carbonyl (C=O) groups is 2. The van der Waals surface area contributed by atoms with E-state index in [2.05, 4.69) is 10.6 Å². The maximum absolute atomic E-state index is 13.8. The smallest absolute Gasteiger partial charge is 0.418 e. The van der Waals surface area contributed by atoms with Gasteiger partial charge < -0.3 is 20.1 Å². The number of nitrogens with one attached hydrogen (secondary N) is 2. The van der Waals surface area contributed by atoms with Crippen LogP contribution in [-0.4, -0.2) is 26.0 Å². The predicted molar refractivity (Wildman–Crippen MR) is 113 cm³/mol. The van der Waals surface area contributed by atoms with Crippen molar-refractivity contribution in [1.82, 2.24) is 0 Å². The van der Waals surface area contributed by atoms with E-state index >= 15 is 0 Å². The lowest BCUT2D eigenvalue weighted by atomic mass is 10.1. The highest BCUT2D eigenvalue weighted by atomic mass is 19.4. The molecule has 0 atom stereocenters. The van der Waals surface area contributed by atoms with E-state index in [4.69, 9.17) is 9.47 Å². The van der Waals surface area contributed by atoms with Crippen molar-refractivity contribution in [2.45, 2.75) is 6.18 Å². The Bertz CT molecular complexity index is 1200. The summed E-state index contributed by atoms with van der Waals surface area (Å²) in [6, 6.07) is 12.0. The number of ether oxygens (including phenoxy) is 2. The van der Waals surface area contributed by atoms with Crippen LogP contribution in [-0.2, 0) is 6.18 Å². The van der Waals surface area contributed by atoms with Gasteiger partial charge in [-0.15, -0.1) is 0 Å². The van der Waals surface area contributed by atoms with Crippen LogP contribution in [0.3, 0.4) is 0 Å². The minimum Gasteiger partial charge on any atom is -0.493 e. The van der Waals surface area contributed by atoms with E-state index in [1.165, 1.54) is 50.6 Å². The Balaban J connectivity index is 1.88. The largest absolute Gasteiger partial charge is 0.493 e. The van der Waals surface area contributed by atoms with E-state index in [1.54, 1.807) is 0 Å². The molecule has 0 aliphatic carbocycles. The van der Waals surface area contributed by atoms with Crippen molar-refractivity contribution in [3.05, 3.63) is 83.2 Å². The second kappa shape index (κ2) is 9.60. The molecule has 0 fully saturated rings. The molecule has 33 heavy (non-hydrogen) atoms. The molecule has 0 aliphatic heterocycles. The van der Waals surface area contributed by atoms with E-state index in [0.717, 1.165) is 18.2 Å². The summed E-state index contributed by atoms with van der Waals surface area (Å²) >= 11 is 0. The van der Waals surface area contributed by atoms with Gasteiger partial charge in [-0.25, -0.2) is 4.39 Å². The zero-order chi connectivity index (χ0) is 24.2. The molecule has 0 bridgehead atoms. The number of halogens is 4. The average molecular weight is 462 g/mol. The van der Waals surface area contributed by atoms with Crippen LogP contribution in [0.25, 0.3) is 0 Å².